The van der Waals surface area contributed by atoms with Crippen LogP contribution in [0.3, 0.4) is 0 Å². The molecule has 0 aliphatic heterocycles. The van der Waals surface area contributed by atoms with Gasteiger partial charge in [0.25, 0.3) is 0 Å². The fourth-order valence-corrected chi connectivity index (χ4v) is 1.90. The number of rotatable bonds is 4. The highest BCUT2D eigenvalue weighted by atomic mass is 19.4. The van der Waals surface area contributed by atoms with Crippen molar-refractivity contribution in [2.45, 2.75) is 44.8 Å². The molecule has 0 aromatic rings. The van der Waals surface area contributed by atoms with Gasteiger partial charge in [0.15, 0.2) is 0 Å². The van der Waals surface area contributed by atoms with Gasteiger partial charge >= 0.3 is 6.18 Å². The topological polar surface area (TPSA) is 55.1 Å². The van der Waals surface area contributed by atoms with Gasteiger partial charge in [-0.2, -0.15) is 13.2 Å². The Morgan fingerprint density at radius 2 is 2.06 bits per heavy atom. The minimum atomic E-state index is -4.25. The minimum Gasteiger partial charge on any atom is -0.353 e. The van der Waals surface area contributed by atoms with Crippen molar-refractivity contribution >= 4 is 5.91 Å². The van der Waals surface area contributed by atoms with E-state index >= 15 is 0 Å². The summed E-state index contributed by atoms with van der Waals surface area (Å²) in [6, 6.07) is -0.892. The molecule has 0 saturated heterocycles. The normalized spacial score (nSPS) is 21.1. The lowest BCUT2D eigenvalue weighted by molar-refractivity contribution is -0.145. The summed E-state index contributed by atoms with van der Waals surface area (Å²) in [6.45, 7) is 1.56. The van der Waals surface area contributed by atoms with Crippen LogP contribution >= 0.6 is 0 Å². The Morgan fingerprint density at radius 3 is 2.38 bits per heavy atom. The van der Waals surface area contributed by atoms with Crippen LogP contribution in [0.1, 0.15) is 32.6 Å². The number of carbonyl (C=O) groups is 1. The number of hydrogen-bond donors (Lipinski definition) is 2. The van der Waals surface area contributed by atoms with Crippen LogP contribution < -0.4 is 11.1 Å². The lowest BCUT2D eigenvalue weighted by Gasteiger charge is -2.39. The van der Waals surface area contributed by atoms with Crippen molar-refractivity contribution in [3.8, 4) is 0 Å². The number of alkyl halides is 3. The lowest BCUT2D eigenvalue weighted by atomic mass is 9.68. The van der Waals surface area contributed by atoms with E-state index in [1.165, 1.54) is 6.92 Å². The number of amides is 1. The molecule has 1 fully saturated rings. The van der Waals surface area contributed by atoms with Gasteiger partial charge in [0.2, 0.25) is 5.91 Å². The van der Waals surface area contributed by atoms with Crippen LogP contribution in [0.4, 0.5) is 13.2 Å². The average molecular weight is 238 g/mol. The molecular weight excluding hydrogens is 221 g/mol. The summed E-state index contributed by atoms with van der Waals surface area (Å²) >= 11 is 0. The van der Waals surface area contributed by atoms with E-state index in [0.717, 1.165) is 6.42 Å². The minimum absolute atomic E-state index is 0.206. The standard InChI is InChI=1S/C10H17F3N2O/c1-7(5-10(11,12)13)15-8(16)9(6-14)3-2-4-9/h7H,2-6,14H2,1H3,(H,15,16). The Hall–Kier alpha value is -0.780. The van der Waals surface area contributed by atoms with E-state index in [1.807, 2.05) is 0 Å². The second-order valence-electron chi connectivity index (χ2n) is 4.53. The first-order chi connectivity index (χ1) is 7.29. The van der Waals surface area contributed by atoms with Crippen LogP contribution in [-0.2, 0) is 4.79 Å². The predicted octanol–water partition coefficient (Wildman–Crippen LogP) is 1.57. The Labute approximate surface area is 92.6 Å². The largest absolute Gasteiger partial charge is 0.391 e. The van der Waals surface area contributed by atoms with Gasteiger partial charge in [0, 0.05) is 12.6 Å². The van der Waals surface area contributed by atoms with Crippen molar-refractivity contribution in [2.24, 2.45) is 11.1 Å². The van der Waals surface area contributed by atoms with Gasteiger partial charge in [0.1, 0.15) is 0 Å². The van der Waals surface area contributed by atoms with Gasteiger partial charge in [-0.25, -0.2) is 0 Å². The number of halogens is 3. The van der Waals surface area contributed by atoms with Crippen molar-refractivity contribution < 1.29 is 18.0 Å². The summed E-state index contributed by atoms with van der Waals surface area (Å²) in [4.78, 5) is 11.7. The molecule has 0 heterocycles. The number of hydrogen-bond acceptors (Lipinski definition) is 2. The van der Waals surface area contributed by atoms with Crippen LogP contribution in [0.5, 0.6) is 0 Å². The van der Waals surface area contributed by atoms with Gasteiger partial charge in [-0.15, -0.1) is 0 Å². The first kappa shape index (κ1) is 13.3. The van der Waals surface area contributed by atoms with Gasteiger partial charge in [-0.05, 0) is 19.8 Å². The molecule has 0 bridgehead atoms. The summed E-state index contributed by atoms with van der Waals surface area (Å²) in [6.07, 6.45) is -2.98. The smallest absolute Gasteiger partial charge is 0.353 e. The van der Waals surface area contributed by atoms with Crippen LogP contribution in [0.15, 0.2) is 0 Å². The molecule has 3 N–H and O–H groups in total. The maximum Gasteiger partial charge on any atom is 0.391 e. The molecule has 1 amide bonds. The highest BCUT2D eigenvalue weighted by Crippen LogP contribution is 2.40. The van der Waals surface area contributed by atoms with E-state index in [2.05, 4.69) is 5.32 Å². The van der Waals surface area contributed by atoms with Gasteiger partial charge in [0.05, 0.1) is 11.8 Å². The summed E-state index contributed by atoms with van der Waals surface area (Å²) in [7, 11) is 0. The molecule has 3 nitrogen and oxygen atoms in total. The van der Waals surface area contributed by atoms with E-state index < -0.39 is 24.1 Å². The molecule has 0 aromatic carbocycles. The first-order valence-corrected chi connectivity index (χ1v) is 5.37. The van der Waals surface area contributed by atoms with Crippen molar-refractivity contribution in [1.29, 1.82) is 0 Å². The summed E-state index contributed by atoms with van der Waals surface area (Å²) in [5.41, 5.74) is 4.88. The van der Waals surface area contributed by atoms with Crippen LogP contribution in [0.2, 0.25) is 0 Å². The van der Waals surface area contributed by atoms with Crippen LogP contribution in [-0.4, -0.2) is 24.7 Å². The Morgan fingerprint density at radius 1 is 1.50 bits per heavy atom. The average Bonchev–Trinajstić information content (AvgIpc) is 1.98. The van der Waals surface area contributed by atoms with Gasteiger partial charge < -0.3 is 11.1 Å². The number of nitrogens with one attached hydrogen (secondary N) is 1. The van der Waals surface area contributed by atoms with E-state index in [4.69, 9.17) is 5.73 Å². The predicted molar refractivity (Wildman–Crippen MR) is 53.6 cm³/mol. The highest BCUT2D eigenvalue weighted by molar-refractivity contribution is 5.84. The Kier molecular flexibility index (Phi) is 3.83. The van der Waals surface area contributed by atoms with Crippen LogP contribution in [0, 0.1) is 5.41 Å². The Bertz CT molecular complexity index is 256. The van der Waals surface area contributed by atoms with Gasteiger partial charge in [-0.1, -0.05) is 6.42 Å². The first-order valence-electron chi connectivity index (χ1n) is 5.37. The van der Waals surface area contributed by atoms with E-state index in [1.54, 1.807) is 0 Å². The van der Waals surface area contributed by atoms with E-state index in [9.17, 15) is 18.0 Å². The molecule has 0 aromatic heterocycles. The van der Waals surface area contributed by atoms with Crippen molar-refractivity contribution in [1.82, 2.24) is 5.32 Å². The number of nitrogens with two attached hydrogens (primary N) is 1. The number of carbonyl (C=O) groups excluding carboxylic acids is 1. The third kappa shape index (κ3) is 3.10. The quantitative estimate of drug-likeness (QED) is 0.781. The molecule has 0 radical (unpaired) electrons. The second-order valence-corrected chi connectivity index (χ2v) is 4.53. The molecular formula is C10H17F3N2O. The van der Waals surface area contributed by atoms with Crippen molar-refractivity contribution in [2.75, 3.05) is 6.54 Å². The molecule has 1 unspecified atom stereocenters. The zero-order valence-corrected chi connectivity index (χ0v) is 9.23. The summed E-state index contributed by atoms with van der Waals surface area (Å²) < 4.78 is 36.2. The summed E-state index contributed by atoms with van der Waals surface area (Å²) in [5, 5.41) is 2.39. The fraction of sp³-hybridized carbons (Fsp3) is 0.900. The molecule has 16 heavy (non-hydrogen) atoms. The van der Waals surface area contributed by atoms with Crippen LogP contribution in [0.25, 0.3) is 0 Å². The molecule has 1 saturated carbocycles. The lowest BCUT2D eigenvalue weighted by Crippen LogP contribution is -2.52. The molecule has 6 heteroatoms. The van der Waals surface area contributed by atoms with Crippen molar-refractivity contribution in [3.05, 3.63) is 0 Å². The molecule has 1 aliphatic carbocycles. The van der Waals surface area contributed by atoms with E-state index in [-0.39, 0.29) is 12.5 Å². The van der Waals surface area contributed by atoms with Gasteiger partial charge in [-0.3, -0.25) is 4.79 Å². The molecule has 94 valence electrons. The molecule has 1 rings (SSSR count). The third-order valence-electron chi connectivity index (χ3n) is 3.10. The molecule has 1 aliphatic rings. The monoisotopic (exact) mass is 238 g/mol. The second kappa shape index (κ2) is 4.61. The fourth-order valence-electron chi connectivity index (χ4n) is 1.90. The maximum absolute atomic E-state index is 12.1. The third-order valence-corrected chi connectivity index (χ3v) is 3.10. The highest BCUT2D eigenvalue weighted by Gasteiger charge is 2.43. The molecule has 0 spiro atoms. The Balaban J connectivity index is 2.45. The zero-order valence-electron chi connectivity index (χ0n) is 9.23. The van der Waals surface area contributed by atoms with Crippen molar-refractivity contribution in [3.63, 3.8) is 0 Å². The SMILES string of the molecule is CC(CC(F)(F)F)NC(=O)C1(CN)CCC1. The molecule has 1 atom stereocenters. The summed E-state index contributed by atoms with van der Waals surface area (Å²) in [5.74, 6) is -0.335. The van der Waals surface area contributed by atoms with E-state index in [0.29, 0.717) is 12.8 Å². The zero-order chi connectivity index (χ0) is 12.4. The maximum atomic E-state index is 12.1.